The van der Waals surface area contributed by atoms with Crippen LogP contribution in [0.15, 0.2) is 41.4 Å². The fraction of sp³-hybridized carbons (Fsp3) is 0.471. The van der Waals surface area contributed by atoms with E-state index in [4.69, 9.17) is 0 Å². The van der Waals surface area contributed by atoms with Crippen LogP contribution in [0.1, 0.15) is 44.1 Å². The molecule has 3 nitrogen and oxygen atoms in total. The van der Waals surface area contributed by atoms with E-state index in [0.717, 1.165) is 18.7 Å². The van der Waals surface area contributed by atoms with Crippen LogP contribution in [0.2, 0.25) is 0 Å². The summed E-state index contributed by atoms with van der Waals surface area (Å²) in [5, 5.41) is 8.23. The Morgan fingerprint density at radius 1 is 1.19 bits per heavy atom. The van der Waals surface area contributed by atoms with E-state index in [-0.39, 0.29) is 0 Å². The highest BCUT2D eigenvalue weighted by Gasteiger charge is 2.13. The third-order valence-corrected chi connectivity index (χ3v) is 4.32. The molecule has 2 rings (SSSR count). The quantitative estimate of drug-likeness (QED) is 0.782. The van der Waals surface area contributed by atoms with Gasteiger partial charge in [0.25, 0.3) is 0 Å². The summed E-state index contributed by atoms with van der Waals surface area (Å²) in [5.41, 5.74) is 2.47. The van der Waals surface area contributed by atoms with Gasteiger partial charge in [0, 0.05) is 29.6 Å². The van der Waals surface area contributed by atoms with Gasteiger partial charge in [0.15, 0.2) is 0 Å². The lowest BCUT2D eigenvalue weighted by Gasteiger charge is -2.17. The van der Waals surface area contributed by atoms with E-state index in [1.54, 1.807) is 11.8 Å². The second-order valence-electron chi connectivity index (χ2n) is 5.47. The highest BCUT2D eigenvalue weighted by atomic mass is 32.2. The van der Waals surface area contributed by atoms with E-state index in [1.807, 2.05) is 4.68 Å². The summed E-state index contributed by atoms with van der Waals surface area (Å²) in [6, 6.07) is 11.7. The molecule has 1 aromatic heterocycles. The zero-order valence-corrected chi connectivity index (χ0v) is 14.2. The normalized spacial score (nSPS) is 12.8. The summed E-state index contributed by atoms with van der Waals surface area (Å²) in [7, 11) is 0. The fourth-order valence-corrected chi connectivity index (χ4v) is 2.78. The first-order chi connectivity index (χ1) is 10.1. The molecule has 0 fully saturated rings. The maximum absolute atomic E-state index is 4.66. The molecule has 114 valence electrons. The van der Waals surface area contributed by atoms with Crippen molar-refractivity contribution in [3.63, 3.8) is 0 Å². The SMILES string of the molecule is CCNC(Cc1ccn(C(C)C)n1)c1ccc(SC)cc1. The van der Waals surface area contributed by atoms with Gasteiger partial charge in [-0.15, -0.1) is 11.8 Å². The molecule has 0 saturated carbocycles. The van der Waals surface area contributed by atoms with Crippen LogP contribution in [-0.4, -0.2) is 22.6 Å². The van der Waals surface area contributed by atoms with Gasteiger partial charge in [0.1, 0.15) is 0 Å². The molecule has 0 aliphatic rings. The van der Waals surface area contributed by atoms with Gasteiger partial charge in [-0.05, 0) is 50.4 Å². The molecular weight excluding hydrogens is 278 g/mol. The van der Waals surface area contributed by atoms with Crippen LogP contribution in [0.3, 0.4) is 0 Å². The van der Waals surface area contributed by atoms with Gasteiger partial charge in [-0.1, -0.05) is 19.1 Å². The smallest absolute Gasteiger partial charge is 0.0643 e. The highest BCUT2D eigenvalue weighted by Crippen LogP contribution is 2.22. The molecule has 1 aromatic carbocycles. The fourth-order valence-electron chi connectivity index (χ4n) is 2.37. The number of thioether (sulfide) groups is 1. The van der Waals surface area contributed by atoms with Gasteiger partial charge in [-0.25, -0.2) is 0 Å². The molecular formula is C17H25N3S. The van der Waals surface area contributed by atoms with Crippen molar-refractivity contribution in [1.29, 1.82) is 0 Å². The van der Waals surface area contributed by atoms with Crippen LogP contribution < -0.4 is 5.32 Å². The van der Waals surface area contributed by atoms with Crippen LogP contribution in [0.5, 0.6) is 0 Å². The van der Waals surface area contributed by atoms with Gasteiger partial charge in [0.05, 0.1) is 5.69 Å². The van der Waals surface area contributed by atoms with E-state index in [1.165, 1.54) is 10.5 Å². The zero-order chi connectivity index (χ0) is 15.2. The van der Waals surface area contributed by atoms with Gasteiger partial charge in [-0.3, -0.25) is 4.68 Å². The topological polar surface area (TPSA) is 29.9 Å². The maximum Gasteiger partial charge on any atom is 0.0643 e. The average molecular weight is 303 g/mol. The average Bonchev–Trinajstić information content (AvgIpc) is 2.96. The van der Waals surface area contributed by atoms with Crippen molar-refractivity contribution in [2.24, 2.45) is 0 Å². The molecule has 1 N–H and O–H groups in total. The van der Waals surface area contributed by atoms with Crippen LogP contribution >= 0.6 is 11.8 Å². The lowest BCUT2D eigenvalue weighted by atomic mass is 10.0. The highest BCUT2D eigenvalue weighted by molar-refractivity contribution is 7.98. The van der Waals surface area contributed by atoms with Crippen molar-refractivity contribution in [2.45, 2.75) is 44.2 Å². The Morgan fingerprint density at radius 3 is 2.43 bits per heavy atom. The van der Waals surface area contributed by atoms with Crippen LogP contribution in [0.4, 0.5) is 0 Å². The first kappa shape index (κ1) is 16.1. The molecule has 0 spiro atoms. The van der Waals surface area contributed by atoms with Crippen molar-refractivity contribution in [2.75, 3.05) is 12.8 Å². The summed E-state index contributed by atoms with van der Waals surface area (Å²) < 4.78 is 2.02. The number of aromatic nitrogens is 2. The van der Waals surface area contributed by atoms with E-state index in [0.29, 0.717) is 12.1 Å². The number of hydrogen-bond acceptors (Lipinski definition) is 3. The monoisotopic (exact) mass is 303 g/mol. The molecule has 0 bridgehead atoms. The minimum absolute atomic E-state index is 0.321. The van der Waals surface area contributed by atoms with Crippen molar-refractivity contribution in [1.82, 2.24) is 15.1 Å². The standard InChI is InChI=1S/C17H25N3S/c1-5-18-17(14-6-8-16(21-4)9-7-14)12-15-10-11-20(19-15)13(2)3/h6-11,13,17-18H,5,12H2,1-4H3. The number of nitrogens with zero attached hydrogens (tertiary/aromatic N) is 2. The molecule has 2 aromatic rings. The minimum Gasteiger partial charge on any atom is -0.310 e. The molecule has 0 aliphatic carbocycles. The molecule has 1 unspecified atom stereocenters. The van der Waals surface area contributed by atoms with Crippen LogP contribution in [0.25, 0.3) is 0 Å². The predicted octanol–water partition coefficient (Wildman–Crippen LogP) is 4.08. The Hall–Kier alpha value is -1.26. The lowest BCUT2D eigenvalue weighted by molar-refractivity contribution is 0.506. The Labute approximate surface area is 132 Å². The molecule has 0 radical (unpaired) electrons. The van der Waals surface area contributed by atoms with Gasteiger partial charge in [0.2, 0.25) is 0 Å². The Balaban J connectivity index is 2.13. The molecule has 0 amide bonds. The molecule has 21 heavy (non-hydrogen) atoms. The first-order valence-corrected chi connectivity index (χ1v) is 8.78. The van der Waals surface area contributed by atoms with E-state index in [9.17, 15) is 0 Å². The number of nitrogens with one attached hydrogen (secondary N) is 1. The third kappa shape index (κ3) is 4.35. The second-order valence-corrected chi connectivity index (χ2v) is 6.35. The largest absolute Gasteiger partial charge is 0.310 e. The van der Waals surface area contributed by atoms with E-state index in [2.05, 4.69) is 74.0 Å². The Morgan fingerprint density at radius 2 is 1.90 bits per heavy atom. The van der Waals surface area contributed by atoms with Crippen molar-refractivity contribution in [3.05, 3.63) is 47.8 Å². The predicted molar refractivity (Wildman–Crippen MR) is 91.0 cm³/mol. The number of rotatable bonds is 7. The van der Waals surface area contributed by atoms with Gasteiger partial charge >= 0.3 is 0 Å². The van der Waals surface area contributed by atoms with Crippen LogP contribution in [0, 0.1) is 0 Å². The molecule has 0 aliphatic heterocycles. The second kappa shape index (κ2) is 7.66. The summed E-state index contributed by atoms with van der Waals surface area (Å²) in [6.07, 6.45) is 5.10. The van der Waals surface area contributed by atoms with Crippen molar-refractivity contribution in [3.8, 4) is 0 Å². The maximum atomic E-state index is 4.66. The molecule has 4 heteroatoms. The van der Waals surface area contributed by atoms with Crippen LogP contribution in [-0.2, 0) is 6.42 Å². The summed E-state index contributed by atoms with van der Waals surface area (Å²) in [5.74, 6) is 0. The third-order valence-electron chi connectivity index (χ3n) is 3.57. The van der Waals surface area contributed by atoms with Crippen molar-refractivity contribution >= 4 is 11.8 Å². The zero-order valence-electron chi connectivity index (χ0n) is 13.3. The Kier molecular flexibility index (Phi) is 5.88. The van der Waals surface area contributed by atoms with E-state index < -0.39 is 0 Å². The molecule has 0 saturated heterocycles. The van der Waals surface area contributed by atoms with Gasteiger partial charge < -0.3 is 5.32 Å². The van der Waals surface area contributed by atoms with E-state index >= 15 is 0 Å². The summed E-state index contributed by atoms with van der Waals surface area (Å²) in [4.78, 5) is 1.30. The minimum atomic E-state index is 0.321. The Bertz CT molecular complexity index is 545. The number of likely N-dealkylation sites (N-methyl/N-ethyl adjacent to an activating group) is 1. The molecule has 1 atom stereocenters. The number of hydrogen-bond donors (Lipinski definition) is 1. The number of benzene rings is 1. The lowest BCUT2D eigenvalue weighted by Crippen LogP contribution is -2.23. The van der Waals surface area contributed by atoms with Crippen molar-refractivity contribution < 1.29 is 0 Å². The summed E-state index contributed by atoms with van der Waals surface area (Å²) >= 11 is 1.78. The first-order valence-electron chi connectivity index (χ1n) is 7.55. The van der Waals surface area contributed by atoms with Gasteiger partial charge in [-0.2, -0.15) is 5.10 Å². The summed E-state index contributed by atoms with van der Waals surface area (Å²) in [6.45, 7) is 7.41. The molecule has 1 heterocycles.